The van der Waals surface area contributed by atoms with Crippen LogP contribution in [-0.4, -0.2) is 22.3 Å². The Morgan fingerprint density at radius 1 is 1.17 bits per heavy atom. The second-order valence-electron chi connectivity index (χ2n) is 6.34. The SMILES string of the molecule is Cc1ccc(NC(=O)O[C@@H](c2cc(Br)cc(Br)c2O)[C@H](C)/C=C/C(=O)NO)cc1. The molecule has 0 aromatic heterocycles. The molecule has 2 aromatic rings. The molecule has 7 nitrogen and oxygen atoms in total. The summed E-state index contributed by atoms with van der Waals surface area (Å²) in [5.41, 5.74) is 3.44. The molecule has 154 valence electrons. The number of phenolic OH excluding ortho intramolecular Hbond substituents is 1. The van der Waals surface area contributed by atoms with E-state index >= 15 is 0 Å². The zero-order valence-corrected chi connectivity index (χ0v) is 18.8. The van der Waals surface area contributed by atoms with Crippen molar-refractivity contribution in [2.75, 3.05) is 5.32 Å². The average molecular weight is 528 g/mol. The molecule has 0 radical (unpaired) electrons. The van der Waals surface area contributed by atoms with Crippen LogP contribution in [0.3, 0.4) is 0 Å². The minimum absolute atomic E-state index is 0.0896. The number of carbonyl (C=O) groups is 2. The summed E-state index contributed by atoms with van der Waals surface area (Å²) in [6.07, 6.45) is 0.935. The summed E-state index contributed by atoms with van der Waals surface area (Å²) in [5.74, 6) is -1.32. The van der Waals surface area contributed by atoms with Crippen LogP contribution in [0.5, 0.6) is 5.75 Å². The Kier molecular flexibility index (Phi) is 8.24. The number of phenols is 1. The number of hydrogen-bond acceptors (Lipinski definition) is 5. The van der Waals surface area contributed by atoms with E-state index in [4.69, 9.17) is 9.94 Å². The maximum atomic E-state index is 12.5. The first-order valence-electron chi connectivity index (χ1n) is 8.55. The number of hydrogen-bond donors (Lipinski definition) is 4. The molecule has 0 bridgehead atoms. The van der Waals surface area contributed by atoms with Crippen molar-refractivity contribution in [2.45, 2.75) is 20.0 Å². The number of rotatable bonds is 6. The van der Waals surface area contributed by atoms with Crippen LogP contribution in [-0.2, 0) is 9.53 Å². The fourth-order valence-corrected chi connectivity index (χ4v) is 3.79. The molecular formula is C20H20Br2N2O5. The lowest BCUT2D eigenvalue weighted by Gasteiger charge is -2.24. The van der Waals surface area contributed by atoms with Crippen LogP contribution in [0.25, 0.3) is 0 Å². The standard InChI is InChI=1S/C20H20Br2N2O5/c1-11-3-6-14(7-4-11)23-20(27)29-19(12(2)5-8-17(25)24-28)15-9-13(21)10-16(22)18(15)26/h3-10,12,19,26,28H,1-2H3,(H,23,27)(H,24,25)/b8-5+/t12-,19-/m1/s1. The maximum absolute atomic E-state index is 12.5. The number of carbonyl (C=O) groups excluding carboxylic acids is 2. The van der Waals surface area contributed by atoms with Gasteiger partial charge < -0.3 is 9.84 Å². The number of nitrogens with one attached hydrogen (secondary N) is 2. The monoisotopic (exact) mass is 526 g/mol. The van der Waals surface area contributed by atoms with E-state index in [1.165, 1.54) is 11.6 Å². The van der Waals surface area contributed by atoms with E-state index in [2.05, 4.69) is 37.2 Å². The molecule has 29 heavy (non-hydrogen) atoms. The van der Waals surface area contributed by atoms with Gasteiger partial charge in [0.1, 0.15) is 11.9 Å². The molecule has 0 spiro atoms. The average Bonchev–Trinajstić information content (AvgIpc) is 2.68. The van der Waals surface area contributed by atoms with Crippen molar-refractivity contribution in [1.29, 1.82) is 0 Å². The summed E-state index contributed by atoms with van der Waals surface area (Å²) >= 11 is 6.62. The zero-order valence-electron chi connectivity index (χ0n) is 15.6. The Morgan fingerprint density at radius 3 is 2.45 bits per heavy atom. The number of anilines is 1. The number of benzene rings is 2. The van der Waals surface area contributed by atoms with Gasteiger partial charge in [-0.1, -0.05) is 46.6 Å². The van der Waals surface area contributed by atoms with Gasteiger partial charge in [0.05, 0.1) is 4.47 Å². The van der Waals surface area contributed by atoms with E-state index in [0.717, 1.165) is 11.6 Å². The lowest BCUT2D eigenvalue weighted by Crippen LogP contribution is -2.22. The zero-order chi connectivity index (χ0) is 21.6. The summed E-state index contributed by atoms with van der Waals surface area (Å²) in [6.45, 7) is 3.64. The molecule has 4 N–H and O–H groups in total. The molecular weight excluding hydrogens is 508 g/mol. The van der Waals surface area contributed by atoms with Gasteiger partial charge in [0.25, 0.3) is 5.91 Å². The van der Waals surface area contributed by atoms with Crippen molar-refractivity contribution in [3.05, 3.63) is 68.6 Å². The minimum Gasteiger partial charge on any atom is -0.506 e. The Balaban J connectivity index is 2.31. The molecule has 0 aliphatic carbocycles. The van der Waals surface area contributed by atoms with Crippen molar-refractivity contribution in [3.63, 3.8) is 0 Å². The van der Waals surface area contributed by atoms with Crippen LogP contribution >= 0.6 is 31.9 Å². The van der Waals surface area contributed by atoms with Crippen LogP contribution < -0.4 is 10.8 Å². The van der Waals surface area contributed by atoms with Gasteiger partial charge in [0.15, 0.2) is 0 Å². The number of amides is 2. The normalized spacial score (nSPS) is 13.0. The third-order valence-corrected chi connectivity index (χ3v) is 5.10. The molecule has 2 atom stereocenters. The van der Waals surface area contributed by atoms with Gasteiger partial charge in [0.2, 0.25) is 0 Å². The highest BCUT2D eigenvalue weighted by Gasteiger charge is 2.26. The molecule has 0 saturated heterocycles. The van der Waals surface area contributed by atoms with Crippen molar-refractivity contribution in [2.24, 2.45) is 5.92 Å². The first kappa shape index (κ1) is 22.9. The first-order chi connectivity index (χ1) is 13.7. The Hall–Kier alpha value is -2.36. The van der Waals surface area contributed by atoms with Gasteiger partial charge in [-0.05, 0) is 47.1 Å². The van der Waals surface area contributed by atoms with Gasteiger partial charge in [-0.25, -0.2) is 10.3 Å². The van der Waals surface area contributed by atoms with Crippen molar-refractivity contribution in [3.8, 4) is 5.75 Å². The van der Waals surface area contributed by atoms with E-state index in [9.17, 15) is 14.7 Å². The van der Waals surface area contributed by atoms with E-state index < -0.39 is 24.0 Å². The topological polar surface area (TPSA) is 108 Å². The van der Waals surface area contributed by atoms with Crippen molar-refractivity contribution >= 4 is 49.5 Å². The molecule has 0 saturated carbocycles. The van der Waals surface area contributed by atoms with E-state index in [0.29, 0.717) is 20.2 Å². The summed E-state index contributed by atoms with van der Waals surface area (Å²) < 4.78 is 6.67. The predicted molar refractivity (Wildman–Crippen MR) is 116 cm³/mol. The summed E-state index contributed by atoms with van der Waals surface area (Å²) in [7, 11) is 0. The number of ether oxygens (including phenoxy) is 1. The number of halogens is 2. The van der Waals surface area contributed by atoms with Crippen LogP contribution in [0.15, 0.2) is 57.5 Å². The predicted octanol–water partition coefficient (Wildman–Crippen LogP) is 5.21. The lowest BCUT2D eigenvalue weighted by atomic mass is 9.96. The highest BCUT2D eigenvalue weighted by molar-refractivity contribution is 9.11. The van der Waals surface area contributed by atoms with Gasteiger partial charge in [0, 0.05) is 27.7 Å². The molecule has 2 aromatic carbocycles. The molecule has 9 heteroatoms. The molecule has 0 aliphatic heterocycles. The quantitative estimate of drug-likeness (QED) is 0.234. The second-order valence-corrected chi connectivity index (χ2v) is 8.11. The molecule has 0 heterocycles. The molecule has 2 rings (SSSR count). The van der Waals surface area contributed by atoms with E-state index in [-0.39, 0.29) is 5.75 Å². The Bertz CT molecular complexity index is 916. The van der Waals surface area contributed by atoms with Crippen LogP contribution in [0, 0.1) is 12.8 Å². The molecule has 2 amide bonds. The van der Waals surface area contributed by atoms with E-state index in [1.54, 1.807) is 31.2 Å². The van der Waals surface area contributed by atoms with E-state index in [1.807, 2.05) is 19.1 Å². The van der Waals surface area contributed by atoms with Crippen LogP contribution in [0.2, 0.25) is 0 Å². The van der Waals surface area contributed by atoms with Crippen LogP contribution in [0.1, 0.15) is 24.2 Å². The Labute approximate surface area is 185 Å². The van der Waals surface area contributed by atoms with Gasteiger partial charge in [-0.15, -0.1) is 0 Å². The number of hydroxylamine groups is 1. The third-order valence-electron chi connectivity index (χ3n) is 4.04. The van der Waals surface area contributed by atoms with Gasteiger partial charge >= 0.3 is 6.09 Å². The maximum Gasteiger partial charge on any atom is 0.412 e. The van der Waals surface area contributed by atoms with Crippen molar-refractivity contribution < 1.29 is 24.6 Å². The largest absolute Gasteiger partial charge is 0.506 e. The van der Waals surface area contributed by atoms with Crippen molar-refractivity contribution in [1.82, 2.24) is 5.48 Å². The summed E-state index contributed by atoms with van der Waals surface area (Å²) in [6, 6.07) is 10.5. The lowest BCUT2D eigenvalue weighted by molar-refractivity contribution is -0.124. The number of aryl methyl sites for hydroxylation is 1. The smallest absolute Gasteiger partial charge is 0.412 e. The summed E-state index contributed by atoms with van der Waals surface area (Å²) in [5, 5.41) is 21.8. The molecule has 0 aliphatic rings. The number of aromatic hydroxyl groups is 1. The Morgan fingerprint density at radius 2 is 1.83 bits per heavy atom. The van der Waals surface area contributed by atoms with Gasteiger partial charge in [-0.3, -0.25) is 15.3 Å². The third kappa shape index (κ3) is 6.59. The highest BCUT2D eigenvalue weighted by atomic mass is 79.9. The molecule has 0 fully saturated rings. The van der Waals surface area contributed by atoms with Crippen LogP contribution in [0.4, 0.5) is 10.5 Å². The minimum atomic E-state index is -0.919. The van der Waals surface area contributed by atoms with Gasteiger partial charge in [-0.2, -0.15) is 0 Å². The first-order valence-corrected chi connectivity index (χ1v) is 10.1. The second kappa shape index (κ2) is 10.4. The summed E-state index contributed by atoms with van der Waals surface area (Å²) in [4.78, 5) is 23.8. The fourth-order valence-electron chi connectivity index (χ4n) is 2.53. The molecule has 0 unspecified atom stereocenters. The highest BCUT2D eigenvalue weighted by Crippen LogP contribution is 2.40. The fraction of sp³-hybridized carbons (Fsp3) is 0.200.